The normalized spacial score (nSPS) is 13.3. The largest absolute Gasteiger partial charge is 0.497 e. The number of alkyl halides is 3. The van der Waals surface area contributed by atoms with Crippen molar-refractivity contribution < 1.29 is 26.3 Å². The van der Waals surface area contributed by atoms with Gasteiger partial charge in [0, 0.05) is 17.7 Å². The van der Waals surface area contributed by atoms with Gasteiger partial charge in [-0.25, -0.2) is 18.4 Å². The molecule has 3 rings (SSSR count). The lowest BCUT2D eigenvalue weighted by atomic mass is 10.1. The standard InChI is InChI=1S/C19H18F3N3O3S/c1-11(12-4-7-14(8-5-12)29(3,26)27)23-17-15-10-13(28-2)6-9-16(15)24-18(25-17)19(20,21)22/h4-11H,1-3H3,(H,23,24,25)/t11-/m0/s1. The van der Waals surface area contributed by atoms with Gasteiger partial charge in [0.1, 0.15) is 11.6 Å². The second kappa shape index (κ2) is 7.51. The third kappa shape index (κ3) is 4.58. The van der Waals surface area contributed by atoms with Crippen molar-refractivity contribution in [3.05, 3.63) is 53.9 Å². The van der Waals surface area contributed by atoms with Gasteiger partial charge in [0.25, 0.3) is 0 Å². The van der Waals surface area contributed by atoms with Crippen LogP contribution < -0.4 is 10.1 Å². The summed E-state index contributed by atoms with van der Waals surface area (Å²) in [6.45, 7) is 1.73. The van der Waals surface area contributed by atoms with Crippen LogP contribution in [0.25, 0.3) is 10.9 Å². The average molecular weight is 425 g/mol. The van der Waals surface area contributed by atoms with E-state index in [-0.39, 0.29) is 16.2 Å². The molecule has 1 atom stereocenters. The van der Waals surface area contributed by atoms with Gasteiger partial charge in [-0.1, -0.05) is 12.1 Å². The lowest BCUT2D eigenvalue weighted by molar-refractivity contribution is -0.144. The monoisotopic (exact) mass is 425 g/mol. The van der Waals surface area contributed by atoms with Crippen molar-refractivity contribution in [2.24, 2.45) is 0 Å². The van der Waals surface area contributed by atoms with Crippen molar-refractivity contribution in [3.8, 4) is 5.75 Å². The Labute approximate surface area is 165 Å². The van der Waals surface area contributed by atoms with Crippen LogP contribution in [-0.2, 0) is 16.0 Å². The van der Waals surface area contributed by atoms with Gasteiger partial charge in [-0.15, -0.1) is 0 Å². The Hall–Kier alpha value is -2.88. The van der Waals surface area contributed by atoms with E-state index in [1.54, 1.807) is 25.1 Å². The molecule has 0 radical (unpaired) electrons. The van der Waals surface area contributed by atoms with Crippen molar-refractivity contribution >= 4 is 26.6 Å². The first-order valence-electron chi connectivity index (χ1n) is 8.48. The predicted molar refractivity (Wildman–Crippen MR) is 103 cm³/mol. The molecule has 0 aliphatic heterocycles. The van der Waals surface area contributed by atoms with Crippen molar-refractivity contribution in [1.82, 2.24) is 9.97 Å². The number of hydrogen-bond donors (Lipinski definition) is 1. The third-order valence-electron chi connectivity index (χ3n) is 4.32. The first-order chi connectivity index (χ1) is 13.5. The molecular formula is C19H18F3N3O3S. The molecule has 0 saturated carbocycles. The number of sulfone groups is 1. The summed E-state index contributed by atoms with van der Waals surface area (Å²) in [5.41, 5.74) is 0.802. The maximum absolute atomic E-state index is 13.2. The summed E-state index contributed by atoms with van der Waals surface area (Å²) in [6.07, 6.45) is -3.60. The maximum Gasteiger partial charge on any atom is 0.451 e. The van der Waals surface area contributed by atoms with Crippen LogP contribution in [0.2, 0.25) is 0 Å². The molecule has 154 valence electrons. The van der Waals surface area contributed by atoms with Crippen LogP contribution in [0.3, 0.4) is 0 Å². The second-order valence-electron chi connectivity index (χ2n) is 6.48. The molecule has 1 aromatic heterocycles. The van der Waals surface area contributed by atoms with E-state index in [1.807, 2.05) is 0 Å². The summed E-state index contributed by atoms with van der Waals surface area (Å²) in [5.74, 6) is -0.799. The van der Waals surface area contributed by atoms with Gasteiger partial charge in [0.2, 0.25) is 5.82 Å². The number of nitrogens with one attached hydrogen (secondary N) is 1. The van der Waals surface area contributed by atoms with Crippen LogP contribution in [0.15, 0.2) is 47.4 Å². The zero-order valence-corrected chi connectivity index (χ0v) is 16.6. The van der Waals surface area contributed by atoms with E-state index >= 15 is 0 Å². The predicted octanol–water partition coefficient (Wildman–Crippen LogP) is 4.23. The Morgan fingerprint density at radius 2 is 1.72 bits per heavy atom. The fourth-order valence-corrected chi connectivity index (χ4v) is 3.39. The van der Waals surface area contributed by atoms with Crippen molar-refractivity contribution in [2.45, 2.75) is 24.0 Å². The highest BCUT2D eigenvalue weighted by molar-refractivity contribution is 7.90. The maximum atomic E-state index is 13.2. The molecule has 1 N–H and O–H groups in total. The van der Waals surface area contributed by atoms with E-state index < -0.39 is 27.9 Å². The number of nitrogens with zero attached hydrogens (tertiary/aromatic N) is 2. The Morgan fingerprint density at radius 3 is 2.28 bits per heavy atom. The van der Waals surface area contributed by atoms with Crippen molar-refractivity contribution in [1.29, 1.82) is 0 Å². The summed E-state index contributed by atoms with van der Waals surface area (Å²) in [4.78, 5) is 7.43. The van der Waals surface area contributed by atoms with Gasteiger partial charge < -0.3 is 10.1 Å². The van der Waals surface area contributed by atoms with Crippen LogP contribution in [-0.4, -0.2) is 31.8 Å². The molecular weight excluding hydrogens is 407 g/mol. The highest BCUT2D eigenvalue weighted by Gasteiger charge is 2.35. The molecule has 6 nitrogen and oxygen atoms in total. The fraction of sp³-hybridized carbons (Fsp3) is 0.263. The molecule has 0 aliphatic rings. The lowest BCUT2D eigenvalue weighted by Gasteiger charge is -2.18. The number of rotatable bonds is 5. The van der Waals surface area contributed by atoms with Gasteiger partial charge >= 0.3 is 6.18 Å². The van der Waals surface area contributed by atoms with E-state index in [0.717, 1.165) is 6.26 Å². The molecule has 3 aromatic rings. The number of halogens is 3. The summed E-state index contributed by atoms with van der Waals surface area (Å²) >= 11 is 0. The Balaban J connectivity index is 2.03. The quantitative estimate of drug-likeness (QED) is 0.659. The lowest BCUT2D eigenvalue weighted by Crippen LogP contribution is -2.15. The number of ether oxygens (including phenoxy) is 1. The number of aromatic nitrogens is 2. The van der Waals surface area contributed by atoms with Crippen molar-refractivity contribution in [2.75, 3.05) is 18.7 Å². The Morgan fingerprint density at radius 1 is 1.07 bits per heavy atom. The topological polar surface area (TPSA) is 81.2 Å². The molecule has 1 heterocycles. The van der Waals surface area contributed by atoms with Gasteiger partial charge in [0.05, 0.1) is 17.5 Å². The smallest absolute Gasteiger partial charge is 0.451 e. The first-order valence-corrected chi connectivity index (χ1v) is 10.4. The number of fused-ring (bicyclic) bond motifs is 1. The van der Waals surface area contributed by atoms with Crippen LogP contribution in [0.1, 0.15) is 24.4 Å². The molecule has 0 saturated heterocycles. The number of methoxy groups -OCH3 is 1. The Kier molecular flexibility index (Phi) is 5.40. The number of benzene rings is 2. The van der Waals surface area contributed by atoms with Gasteiger partial charge in [-0.05, 0) is 42.8 Å². The average Bonchev–Trinajstić information content (AvgIpc) is 2.66. The van der Waals surface area contributed by atoms with E-state index in [1.165, 1.54) is 31.4 Å². The second-order valence-corrected chi connectivity index (χ2v) is 8.50. The molecule has 0 aliphatic carbocycles. The van der Waals surface area contributed by atoms with Crippen LogP contribution in [0.4, 0.5) is 19.0 Å². The van der Waals surface area contributed by atoms with E-state index in [0.29, 0.717) is 16.7 Å². The highest BCUT2D eigenvalue weighted by Crippen LogP contribution is 2.33. The van der Waals surface area contributed by atoms with Crippen molar-refractivity contribution in [3.63, 3.8) is 0 Å². The van der Waals surface area contributed by atoms with Gasteiger partial charge in [-0.2, -0.15) is 13.2 Å². The van der Waals surface area contributed by atoms with Crippen LogP contribution >= 0.6 is 0 Å². The third-order valence-corrected chi connectivity index (χ3v) is 5.45. The highest BCUT2D eigenvalue weighted by atomic mass is 32.2. The summed E-state index contributed by atoms with van der Waals surface area (Å²) in [6, 6.07) is 10.2. The minimum Gasteiger partial charge on any atom is -0.497 e. The molecule has 29 heavy (non-hydrogen) atoms. The van der Waals surface area contributed by atoms with Crippen LogP contribution in [0.5, 0.6) is 5.75 Å². The molecule has 0 amide bonds. The number of anilines is 1. The van der Waals surface area contributed by atoms with E-state index in [4.69, 9.17) is 4.74 Å². The molecule has 0 bridgehead atoms. The Bertz CT molecular complexity index is 1150. The molecule has 0 spiro atoms. The minimum atomic E-state index is -4.70. The zero-order valence-electron chi connectivity index (χ0n) is 15.8. The zero-order chi connectivity index (χ0) is 21.4. The summed E-state index contributed by atoms with van der Waals surface area (Å²) in [7, 11) is -1.89. The van der Waals surface area contributed by atoms with Gasteiger partial charge in [0.15, 0.2) is 9.84 Å². The molecule has 0 fully saturated rings. The SMILES string of the molecule is COc1ccc2nc(C(F)(F)F)nc(N[C@@H](C)c3ccc(S(C)(=O)=O)cc3)c2c1. The molecule has 10 heteroatoms. The minimum absolute atomic E-state index is 0.000847. The molecule has 2 aromatic carbocycles. The number of hydrogen-bond acceptors (Lipinski definition) is 6. The molecule has 0 unspecified atom stereocenters. The van der Waals surface area contributed by atoms with E-state index in [9.17, 15) is 21.6 Å². The van der Waals surface area contributed by atoms with Gasteiger partial charge in [-0.3, -0.25) is 0 Å². The van der Waals surface area contributed by atoms with E-state index in [2.05, 4.69) is 15.3 Å². The fourth-order valence-electron chi connectivity index (χ4n) is 2.76. The summed E-state index contributed by atoms with van der Waals surface area (Å²) in [5, 5.41) is 3.34. The first kappa shape index (κ1) is 20.8. The summed E-state index contributed by atoms with van der Waals surface area (Å²) < 4.78 is 68.0. The van der Waals surface area contributed by atoms with Crippen LogP contribution in [0, 0.1) is 0 Å².